The van der Waals surface area contributed by atoms with Crippen LogP contribution >= 0.6 is 58.0 Å². The number of alkyl halides is 4. The quantitative estimate of drug-likeness (QED) is 0.521. The lowest BCUT2D eigenvalue weighted by atomic mass is 9.90. The summed E-state index contributed by atoms with van der Waals surface area (Å²) in [4.78, 5) is 12.4. The van der Waals surface area contributed by atoms with Gasteiger partial charge >= 0.3 is 0 Å². The van der Waals surface area contributed by atoms with Gasteiger partial charge in [-0.15, -0.1) is 0 Å². The van der Waals surface area contributed by atoms with Gasteiger partial charge in [0.15, 0.2) is 8.67 Å². The van der Waals surface area contributed by atoms with Crippen molar-refractivity contribution >= 4 is 69.6 Å². The number of para-hydroxylation sites is 1. The van der Waals surface area contributed by atoms with Gasteiger partial charge in [0.2, 0.25) is 5.79 Å². The number of anilines is 1. The van der Waals surface area contributed by atoms with Gasteiger partial charge in [-0.3, -0.25) is 4.79 Å². The molecule has 1 amide bonds. The van der Waals surface area contributed by atoms with Crippen LogP contribution in [0.1, 0.15) is 6.42 Å². The zero-order valence-corrected chi connectivity index (χ0v) is 14.6. The lowest BCUT2D eigenvalue weighted by molar-refractivity contribution is -0.152. The molecule has 1 aromatic rings. The number of halogens is 5. The standard InChI is InChI=1S/C13H10Cl5NO3/c14-9-8(10(20)19-7-4-2-1-3-5-7)13(21,22)12(17,18)6-11(9,15)16/h1-5,21-22H,6H2,(H,19,20). The molecule has 0 spiro atoms. The Bertz CT molecular complexity index is 628. The first-order valence-corrected chi connectivity index (χ1v) is 7.85. The molecule has 0 radical (unpaired) electrons. The smallest absolute Gasteiger partial charge is 0.258 e. The van der Waals surface area contributed by atoms with Crippen LogP contribution in [0.3, 0.4) is 0 Å². The van der Waals surface area contributed by atoms with E-state index < -0.39 is 37.4 Å². The number of hydrogen-bond acceptors (Lipinski definition) is 3. The van der Waals surface area contributed by atoms with Gasteiger partial charge in [0.05, 0.1) is 10.6 Å². The van der Waals surface area contributed by atoms with E-state index in [1.54, 1.807) is 30.3 Å². The summed E-state index contributed by atoms with van der Waals surface area (Å²) >= 11 is 29.7. The van der Waals surface area contributed by atoms with E-state index in [2.05, 4.69) is 5.32 Å². The predicted octanol–water partition coefficient (Wildman–Crippen LogP) is 3.55. The Morgan fingerprint density at radius 1 is 1.09 bits per heavy atom. The van der Waals surface area contributed by atoms with E-state index in [4.69, 9.17) is 58.0 Å². The number of carbonyl (C=O) groups excluding carboxylic acids is 1. The molecule has 0 fully saturated rings. The third-order valence-corrected chi connectivity index (χ3v) is 5.25. The Morgan fingerprint density at radius 3 is 2.18 bits per heavy atom. The zero-order valence-electron chi connectivity index (χ0n) is 10.8. The highest BCUT2D eigenvalue weighted by Gasteiger charge is 2.62. The van der Waals surface area contributed by atoms with Crippen molar-refractivity contribution in [3.05, 3.63) is 40.9 Å². The van der Waals surface area contributed by atoms with Crippen molar-refractivity contribution in [3.8, 4) is 0 Å². The van der Waals surface area contributed by atoms with Crippen molar-refractivity contribution < 1.29 is 15.0 Å². The van der Waals surface area contributed by atoms with Crippen LogP contribution in [-0.2, 0) is 4.79 Å². The van der Waals surface area contributed by atoms with Crippen molar-refractivity contribution in [1.29, 1.82) is 0 Å². The first-order valence-electron chi connectivity index (χ1n) is 5.96. The fourth-order valence-corrected chi connectivity index (χ4v) is 3.71. The van der Waals surface area contributed by atoms with Crippen molar-refractivity contribution in [3.63, 3.8) is 0 Å². The molecule has 0 aromatic heterocycles. The third kappa shape index (κ3) is 3.20. The molecule has 0 saturated carbocycles. The molecule has 4 nitrogen and oxygen atoms in total. The maximum atomic E-state index is 12.4. The highest BCUT2D eigenvalue weighted by Crippen LogP contribution is 2.55. The van der Waals surface area contributed by atoms with Gasteiger partial charge < -0.3 is 15.5 Å². The molecule has 3 N–H and O–H groups in total. The molecular weight excluding hydrogens is 395 g/mol. The average molecular weight is 405 g/mol. The van der Waals surface area contributed by atoms with E-state index in [9.17, 15) is 15.0 Å². The summed E-state index contributed by atoms with van der Waals surface area (Å²) in [6.07, 6.45) is -0.486. The molecule has 1 aliphatic rings. The van der Waals surface area contributed by atoms with E-state index >= 15 is 0 Å². The number of nitrogens with one attached hydrogen (secondary N) is 1. The molecule has 0 heterocycles. The van der Waals surface area contributed by atoms with Crippen LogP contribution in [0.5, 0.6) is 0 Å². The van der Waals surface area contributed by atoms with Crippen molar-refractivity contribution in [2.45, 2.75) is 20.9 Å². The van der Waals surface area contributed by atoms with Crippen LogP contribution in [0, 0.1) is 0 Å². The van der Waals surface area contributed by atoms with Crippen molar-refractivity contribution in [2.75, 3.05) is 5.32 Å². The van der Waals surface area contributed by atoms with Gasteiger partial charge in [0.25, 0.3) is 5.91 Å². The Morgan fingerprint density at radius 2 is 1.64 bits per heavy atom. The van der Waals surface area contributed by atoms with E-state index in [-0.39, 0.29) is 0 Å². The van der Waals surface area contributed by atoms with Gasteiger partial charge in [-0.25, -0.2) is 0 Å². The fraction of sp³-hybridized carbons (Fsp3) is 0.308. The monoisotopic (exact) mass is 403 g/mol. The summed E-state index contributed by atoms with van der Waals surface area (Å²) < 4.78 is -4.05. The highest BCUT2D eigenvalue weighted by molar-refractivity contribution is 6.59. The first-order chi connectivity index (χ1) is 9.99. The summed E-state index contributed by atoms with van der Waals surface area (Å²) in [5, 5.41) is 22.4. The van der Waals surface area contributed by atoms with Gasteiger partial charge in [0.1, 0.15) is 0 Å². The van der Waals surface area contributed by atoms with Gasteiger partial charge in [-0.2, -0.15) is 0 Å². The molecule has 2 rings (SSSR count). The van der Waals surface area contributed by atoms with Gasteiger partial charge in [-0.05, 0) is 12.1 Å². The third-order valence-electron chi connectivity index (χ3n) is 3.10. The maximum Gasteiger partial charge on any atom is 0.258 e. The molecule has 0 aliphatic heterocycles. The Labute approximate surface area is 151 Å². The maximum absolute atomic E-state index is 12.4. The lowest BCUT2D eigenvalue weighted by Crippen LogP contribution is -2.57. The van der Waals surface area contributed by atoms with E-state index in [0.717, 1.165) is 0 Å². The minimum Gasteiger partial charge on any atom is -0.359 e. The molecule has 0 unspecified atom stereocenters. The summed E-state index contributed by atoms with van der Waals surface area (Å²) in [5.74, 6) is -3.86. The molecule has 0 bridgehead atoms. The summed E-state index contributed by atoms with van der Waals surface area (Å²) in [7, 11) is 0. The lowest BCUT2D eigenvalue weighted by Gasteiger charge is -2.43. The topological polar surface area (TPSA) is 69.6 Å². The molecule has 1 aliphatic carbocycles. The Balaban J connectivity index is 2.47. The first kappa shape index (κ1) is 18.1. The minimum atomic E-state index is -2.93. The second kappa shape index (κ2) is 6.02. The van der Waals surface area contributed by atoms with E-state index in [1.807, 2.05) is 0 Å². The number of benzene rings is 1. The largest absolute Gasteiger partial charge is 0.359 e. The molecule has 1 aromatic carbocycles. The number of carbonyl (C=O) groups is 1. The molecular formula is C13H10Cl5NO3. The minimum absolute atomic E-state index is 0.398. The number of aliphatic hydroxyl groups is 2. The second-order valence-corrected chi connectivity index (χ2v) is 8.11. The van der Waals surface area contributed by atoms with Gasteiger partial charge in [-0.1, -0.05) is 76.2 Å². The van der Waals surface area contributed by atoms with Crippen LogP contribution in [0.15, 0.2) is 40.9 Å². The number of hydrogen-bond donors (Lipinski definition) is 3. The SMILES string of the molecule is O=C(Nc1ccccc1)C1=C(Cl)C(Cl)(Cl)CC(Cl)(Cl)C1(O)O. The van der Waals surface area contributed by atoms with Gasteiger partial charge in [0, 0.05) is 12.1 Å². The van der Waals surface area contributed by atoms with Crippen molar-refractivity contribution in [2.24, 2.45) is 0 Å². The number of rotatable bonds is 2. The number of allylic oxidation sites excluding steroid dienone is 1. The molecule has 9 heteroatoms. The van der Waals surface area contributed by atoms with Crippen LogP contribution in [-0.4, -0.2) is 30.6 Å². The Hall–Kier alpha value is -0.200. The molecule has 22 heavy (non-hydrogen) atoms. The predicted molar refractivity (Wildman–Crippen MR) is 88.6 cm³/mol. The summed E-state index contributed by atoms with van der Waals surface area (Å²) in [6.45, 7) is 0. The van der Waals surface area contributed by atoms with Crippen LogP contribution in [0.25, 0.3) is 0 Å². The summed E-state index contributed by atoms with van der Waals surface area (Å²) in [5.41, 5.74) is -0.311. The fourth-order valence-electron chi connectivity index (χ4n) is 1.97. The average Bonchev–Trinajstić information content (AvgIpc) is 2.36. The van der Waals surface area contributed by atoms with Crippen molar-refractivity contribution in [1.82, 2.24) is 0 Å². The summed E-state index contributed by atoms with van der Waals surface area (Å²) in [6, 6.07) is 8.29. The van der Waals surface area contributed by atoms with Crippen LogP contribution < -0.4 is 5.32 Å². The molecule has 120 valence electrons. The normalized spacial score (nSPS) is 22.3. The second-order valence-electron chi connectivity index (χ2n) is 4.77. The molecule has 0 atom stereocenters. The zero-order chi connectivity index (χ0) is 16.8. The van der Waals surface area contributed by atoms with E-state index in [1.165, 1.54) is 0 Å². The molecule has 0 saturated heterocycles. The highest BCUT2D eigenvalue weighted by atomic mass is 35.5. The van der Waals surface area contributed by atoms with E-state index in [0.29, 0.717) is 5.69 Å². The Kier molecular flexibility index (Phi) is 4.97. The van der Waals surface area contributed by atoms with Crippen LogP contribution in [0.2, 0.25) is 0 Å². The van der Waals surface area contributed by atoms with Crippen LogP contribution in [0.4, 0.5) is 5.69 Å². The number of amides is 1.